The van der Waals surface area contributed by atoms with Crippen LogP contribution in [0.1, 0.15) is 26.2 Å². The smallest absolute Gasteiger partial charge is 0.0518 e. The van der Waals surface area contributed by atoms with Crippen molar-refractivity contribution in [3.05, 3.63) is 12.2 Å². The van der Waals surface area contributed by atoms with Crippen molar-refractivity contribution in [3.63, 3.8) is 0 Å². The third-order valence-electron chi connectivity index (χ3n) is 2.85. The Hall–Kier alpha value is -0.380. The molecule has 0 aromatic heterocycles. The van der Waals surface area contributed by atoms with E-state index in [4.69, 9.17) is 10.2 Å². The van der Waals surface area contributed by atoms with Gasteiger partial charge in [0.1, 0.15) is 0 Å². The predicted molar refractivity (Wildman–Crippen MR) is 57.1 cm³/mol. The van der Waals surface area contributed by atoms with Crippen LogP contribution in [0.5, 0.6) is 0 Å². The summed E-state index contributed by atoms with van der Waals surface area (Å²) in [6.45, 7) is 2.62. The summed E-state index contributed by atoms with van der Waals surface area (Å²) in [5.41, 5.74) is -0.388. The molecule has 1 atom stereocenters. The van der Waals surface area contributed by atoms with E-state index in [2.05, 4.69) is 17.5 Å². The largest absolute Gasteiger partial charge is 0.396 e. The monoisotopic (exact) mass is 199 g/mol. The Labute approximate surface area is 85.8 Å². The Kier molecular flexibility index (Phi) is 4.58. The highest BCUT2D eigenvalue weighted by molar-refractivity contribution is 4.93. The fraction of sp³-hybridized carbons (Fsp3) is 0.818. The third kappa shape index (κ3) is 3.40. The second-order valence-corrected chi connectivity index (χ2v) is 4.49. The van der Waals surface area contributed by atoms with Crippen LogP contribution in [0.4, 0.5) is 0 Å². The van der Waals surface area contributed by atoms with E-state index in [1.807, 2.05) is 6.92 Å². The molecule has 0 fully saturated rings. The summed E-state index contributed by atoms with van der Waals surface area (Å²) >= 11 is 0. The maximum absolute atomic E-state index is 9.10. The normalized spacial score (nSPS) is 22.6. The molecule has 1 aliphatic carbocycles. The van der Waals surface area contributed by atoms with E-state index in [1.165, 1.54) is 0 Å². The maximum atomic E-state index is 9.10. The van der Waals surface area contributed by atoms with Gasteiger partial charge in [-0.3, -0.25) is 0 Å². The molecule has 3 heteroatoms. The van der Waals surface area contributed by atoms with Crippen LogP contribution in [0.3, 0.4) is 0 Å². The van der Waals surface area contributed by atoms with Crippen molar-refractivity contribution in [3.8, 4) is 0 Å². The van der Waals surface area contributed by atoms with Crippen molar-refractivity contribution in [2.24, 2.45) is 5.41 Å². The highest BCUT2D eigenvalue weighted by Gasteiger charge is 2.23. The minimum absolute atomic E-state index is 0.0268. The van der Waals surface area contributed by atoms with Crippen molar-refractivity contribution in [2.75, 3.05) is 19.8 Å². The first-order chi connectivity index (χ1) is 6.70. The van der Waals surface area contributed by atoms with Crippen molar-refractivity contribution in [1.29, 1.82) is 0 Å². The van der Waals surface area contributed by atoms with Crippen LogP contribution in [0.15, 0.2) is 12.2 Å². The summed E-state index contributed by atoms with van der Waals surface area (Å²) < 4.78 is 0. The number of allylic oxidation sites excluding steroid dienone is 1. The van der Waals surface area contributed by atoms with Gasteiger partial charge in [-0.05, 0) is 19.3 Å². The number of hydrogen-bond acceptors (Lipinski definition) is 3. The summed E-state index contributed by atoms with van der Waals surface area (Å²) in [6, 6.07) is 0.512. The number of hydrogen-bond donors (Lipinski definition) is 3. The van der Waals surface area contributed by atoms with Gasteiger partial charge in [0.2, 0.25) is 0 Å². The first-order valence-corrected chi connectivity index (χ1v) is 5.30. The van der Waals surface area contributed by atoms with Gasteiger partial charge in [-0.15, -0.1) is 0 Å². The quantitative estimate of drug-likeness (QED) is 0.571. The van der Waals surface area contributed by atoms with Crippen molar-refractivity contribution in [1.82, 2.24) is 5.32 Å². The van der Waals surface area contributed by atoms with Crippen LogP contribution in [-0.4, -0.2) is 36.0 Å². The molecule has 1 unspecified atom stereocenters. The molecule has 3 nitrogen and oxygen atoms in total. The molecule has 0 aromatic rings. The van der Waals surface area contributed by atoms with Crippen LogP contribution < -0.4 is 5.32 Å². The third-order valence-corrected chi connectivity index (χ3v) is 2.85. The first-order valence-electron chi connectivity index (χ1n) is 5.30. The van der Waals surface area contributed by atoms with Gasteiger partial charge in [-0.25, -0.2) is 0 Å². The second-order valence-electron chi connectivity index (χ2n) is 4.49. The molecule has 0 radical (unpaired) electrons. The summed E-state index contributed by atoms with van der Waals surface area (Å²) in [5.74, 6) is 0. The van der Waals surface area contributed by atoms with Crippen LogP contribution in [-0.2, 0) is 0 Å². The van der Waals surface area contributed by atoms with Gasteiger partial charge >= 0.3 is 0 Å². The molecule has 0 amide bonds. The highest BCUT2D eigenvalue weighted by atomic mass is 16.3. The summed E-state index contributed by atoms with van der Waals surface area (Å²) in [4.78, 5) is 0. The van der Waals surface area contributed by atoms with Crippen LogP contribution in [0.2, 0.25) is 0 Å². The van der Waals surface area contributed by atoms with Gasteiger partial charge in [-0.1, -0.05) is 19.1 Å². The lowest BCUT2D eigenvalue weighted by Crippen LogP contribution is -2.42. The van der Waals surface area contributed by atoms with E-state index < -0.39 is 0 Å². The standard InChI is InChI=1S/C11H21NO2/c1-11(8-13,9-14)7-12-10-5-3-2-4-6-10/h2-3,10,12-14H,4-9H2,1H3. The molecule has 0 heterocycles. The van der Waals surface area contributed by atoms with Crippen LogP contribution in [0.25, 0.3) is 0 Å². The van der Waals surface area contributed by atoms with Crippen molar-refractivity contribution < 1.29 is 10.2 Å². The SMILES string of the molecule is CC(CO)(CO)CNC1CC=CCC1. The van der Waals surface area contributed by atoms with Gasteiger partial charge in [0.25, 0.3) is 0 Å². The predicted octanol–water partition coefficient (Wildman–Crippen LogP) is 0.676. The first kappa shape index (κ1) is 11.7. The van der Waals surface area contributed by atoms with Gasteiger partial charge in [-0.2, -0.15) is 0 Å². The zero-order valence-electron chi connectivity index (χ0n) is 8.87. The van der Waals surface area contributed by atoms with Crippen LogP contribution >= 0.6 is 0 Å². The average Bonchev–Trinajstić information content (AvgIpc) is 2.27. The molecule has 14 heavy (non-hydrogen) atoms. The van der Waals surface area contributed by atoms with Gasteiger partial charge in [0.05, 0.1) is 13.2 Å². The minimum atomic E-state index is -0.388. The Morgan fingerprint density at radius 3 is 2.57 bits per heavy atom. The molecular formula is C11H21NO2. The Morgan fingerprint density at radius 1 is 1.36 bits per heavy atom. The van der Waals surface area contributed by atoms with E-state index in [9.17, 15) is 0 Å². The van der Waals surface area contributed by atoms with Crippen molar-refractivity contribution >= 4 is 0 Å². The van der Waals surface area contributed by atoms with Gasteiger partial charge in [0, 0.05) is 18.0 Å². The van der Waals surface area contributed by atoms with E-state index in [-0.39, 0.29) is 18.6 Å². The van der Waals surface area contributed by atoms with E-state index in [0.29, 0.717) is 12.6 Å². The van der Waals surface area contributed by atoms with Gasteiger partial charge < -0.3 is 15.5 Å². The maximum Gasteiger partial charge on any atom is 0.0518 e. The second kappa shape index (κ2) is 5.49. The molecule has 0 aliphatic heterocycles. The van der Waals surface area contributed by atoms with Crippen molar-refractivity contribution in [2.45, 2.75) is 32.2 Å². The highest BCUT2D eigenvalue weighted by Crippen LogP contribution is 2.15. The lowest BCUT2D eigenvalue weighted by Gasteiger charge is -2.28. The fourth-order valence-corrected chi connectivity index (χ4v) is 1.53. The van der Waals surface area contributed by atoms with E-state index in [1.54, 1.807) is 0 Å². The molecule has 0 bridgehead atoms. The van der Waals surface area contributed by atoms with E-state index >= 15 is 0 Å². The topological polar surface area (TPSA) is 52.5 Å². The number of aliphatic hydroxyl groups excluding tert-OH is 2. The molecule has 3 N–H and O–H groups in total. The molecule has 1 aliphatic rings. The van der Waals surface area contributed by atoms with E-state index in [0.717, 1.165) is 19.3 Å². The lowest BCUT2D eigenvalue weighted by molar-refractivity contribution is 0.0670. The van der Waals surface area contributed by atoms with Gasteiger partial charge in [0.15, 0.2) is 0 Å². The Morgan fingerprint density at radius 2 is 2.07 bits per heavy atom. The molecule has 0 saturated carbocycles. The minimum Gasteiger partial charge on any atom is -0.396 e. The number of nitrogens with one attached hydrogen (secondary N) is 1. The molecule has 1 rings (SSSR count). The zero-order valence-corrected chi connectivity index (χ0v) is 8.87. The lowest BCUT2D eigenvalue weighted by atomic mass is 9.91. The molecule has 82 valence electrons. The fourth-order valence-electron chi connectivity index (χ4n) is 1.53. The average molecular weight is 199 g/mol. The Balaban J connectivity index is 2.27. The molecule has 0 spiro atoms. The Bertz CT molecular complexity index is 188. The molecule has 0 aromatic carbocycles. The number of rotatable bonds is 5. The summed E-state index contributed by atoms with van der Waals surface area (Å²) in [5, 5.41) is 21.6. The summed E-state index contributed by atoms with van der Waals surface area (Å²) in [6.07, 6.45) is 7.74. The zero-order chi connectivity index (χ0) is 10.4. The number of aliphatic hydroxyl groups is 2. The molecular weight excluding hydrogens is 178 g/mol. The summed E-state index contributed by atoms with van der Waals surface area (Å²) in [7, 11) is 0. The molecule has 0 saturated heterocycles. The van der Waals surface area contributed by atoms with Crippen LogP contribution in [0, 0.1) is 5.41 Å².